The molecule has 10 nitrogen and oxygen atoms in total. The van der Waals surface area contributed by atoms with Crippen molar-refractivity contribution in [1.82, 2.24) is 10.6 Å². The average molecular weight is 723 g/mol. The first-order valence-electron chi connectivity index (χ1n) is 18.1. The van der Waals surface area contributed by atoms with E-state index in [0.717, 1.165) is 68.6 Å². The molecular formula is C42H47FN4O6. The summed E-state index contributed by atoms with van der Waals surface area (Å²) in [5, 5.41) is 11.5. The second-order valence-electron chi connectivity index (χ2n) is 13.4. The fraction of sp³-hybridized carbons (Fsp3) is 0.333. The van der Waals surface area contributed by atoms with E-state index in [-0.39, 0.29) is 53.7 Å². The highest BCUT2D eigenvalue weighted by Crippen LogP contribution is 2.26. The van der Waals surface area contributed by atoms with Crippen LogP contribution in [0, 0.1) is 5.82 Å². The summed E-state index contributed by atoms with van der Waals surface area (Å²) in [6, 6.07) is 29.3. The molecule has 4 aromatic carbocycles. The van der Waals surface area contributed by atoms with Crippen molar-refractivity contribution in [3.8, 4) is 11.5 Å². The van der Waals surface area contributed by atoms with Gasteiger partial charge in [-0.15, -0.1) is 0 Å². The molecule has 2 fully saturated rings. The van der Waals surface area contributed by atoms with Gasteiger partial charge in [0.15, 0.2) is 11.6 Å². The summed E-state index contributed by atoms with van der Waals surface area (Å²) >= 11 is 0. The molecule has 4 amide bonds. The number of amides is 4. The molecular weight excluding hydrogens is 675 g/mol. The molecule has 4 aromatic rings. The lowest BCUT2D eigenvalue weighted by Gasteiger charge is -2.29. The van der Waals surface area contributed by atoms with Gasteiger partial charge < -0.3 is 30.7 Å². The summed E-state index contributed by atoms with van der Waals surface area (Å²) in [5.41, 5.74) is 2.70. The Kier molecular flexibility index (Phi) is 14.0. The van der Waals surface area contributed by atoms with Gasteiger partial charge in [-0.3, -0.25) is 9.59 Å². The van der Waals surface area contributed by atoms with Gasteiger partial charge in [0.05, 0.1) is 12.2 Å². The Morgan fingerprint density at radius 3 is 1.26 bits per heavy atom. The first kappa shape index (κ1) is 38.5. The number of carbonyl (C=O) groups is 4. The molecule has 11 heteroatoms. The third kappa shape index (κ3) is 12.8. The number of para-hydroxylation sites is 1. The van der Waals surface area contributed by atoms with E-state index < -0.39 is 0 Å². The number of rotatable bonds is 10. The van der Waals surface area contributed by atoms with E-state index in [9.17, 15) is 23.6 Å². The summed E-state index contributed by atoms with van der Waals surface area (Å²) in [7, 11) is 0. The van der Waals surface area contributed by atoms with Gasteiger partial charge in [0.25, 0.3) is 0 Å². The van der Waals surface area contributed by atoms with E-state index in [4.69, 9.17) is 9.47 Å². The number of urea groups is 2. The van der Waals surface area contributed by atoms with E-state index in [1.54, 1.807) is 31.2 Å². The number of halogens is 1. The van der Waals surface area contributed by atoms with Crippen LogP contribution < -0.4 is 30.7 Å². The lowest BCUT2D eigenvalue weighted by atomic mass is 9.93. The van der Waals surface area contributed by atoms with Crippen molar-refractivity contribution >= 4 is 35.0 Å². The minimum atomic E-state index is -0.338. The lowest BCUT2D eigenvalue weighted by molar-refractivity contribution is 0.100. The highest BCUT2D eigenvalue weighted by Gasteiger charge is 2.25. The highest BCUT2D eigenvalue weighted by molar-refractivity contribution is 5.94. The van der Waals surface area contributed by atoms with Gasteiger partial charge in [0.1, 0.15) is 17.3 Å². The van der Waals surface area contributed by atoms with Crippen molar-refractivity contribution in [3.63, 3.8) is 0 Å². The number of anilines is 2. The molecule has 0 unspecified atom stereocenters. The highest BCUT2D eigenvalue weighted by atomic mass is 19.1. The van der Waals surface area contributed by atoms with E-state index in [0.29, 0.717) is 16.8 Å². The van der Waals surface area contributed by atoms with Crippen LogP contribution in [0.3, 0.4) is 0 Å². The average Bonchev–Trinajstić information content (AvgIpc) is 3.15. The van der Waals surface area contributed by atoms with Crippen molar-refractivity contribution in [2.45, 2.75) is 89.5 Å². The van der Waals surface area contributed by atoms with Crippen molar-refractivity contribution in [1.29, 1.82) is 0 Å². The fourth-order valence-corrected chi connectivity index (χ4v) is 6.33. The van der Waals surface area contributed by atoms with E-state index in [2.05, 4.69) is 21.3 Å². The van der Waals surface area contributed by atoms with E-state index in [1.165, 1.54) is 31.2 Å². The SMILES string of the molecule is CC(=O)c1ccc(OC2CCC(NC(=O)Nc3ccc(F)cc3)CC2)cc1.CC(=O)c1ccc(OC2CCC(NC(=O)Nc3ccccc3)CC2)cc1. The third-order valence-corrected chi connectivity index (χ3v) is 9.28. The van der Waals surface area contributed by atoms with Gasteiger partial charge in [0, 0.05) is 34.6 Å². The zero-order chi connectivity index (χ0) is 37.6. The summed E-state index contributed by atoms with van der Waals surface area (Å²) in [6.45, 7) is 3.09. The number of hydrogen-bond donors (Lipinski definition) is 4. The van der Waals surface area contributed by atoms with Crippen molar-refractivity contribution in [2.75, 3.05) is 10.6 Å². The number of ether oxygens (including phenoxy) is 2. The Morgan fingerprint density at radius 1 is 0.509 bits per heavy atom. The second-order valence-corrected chi connectivity index (χ2v) is 13.4. The first-order valence-corrected chi connectivity index (χ1v) is 18.1. The molecule has 2 saturated carbocycles. The minimum Gasteiger partial charge on any atom is -0.490 e. The van der Waals surface area contributed by atoms with Gasteiger partial charge in [0.2, 0.25) is 0 Å². The van der Waals surface area contributed by atoms with Gasteiger partial charge in [-0.1, -0.05) is 18.2 Å². The van der Waals surface area contributed by atoms with Gasteiger partial charge in [-0.25, -0.2) is 14.0 Å². The smallest absolute Gasteiger partial charge is 0.319 e. The van der Waals surface area contributed by atoms with Gasteiger partial charge >= 0.3 is 12.1 Å². The molecule has 2 aliphatic rings. The molecule has 4 N–H and O–H groups in total. The fourth-order valence-electron chi connectivity index (χ4n) is 6.33. The lowest BCUT2D eigenvalue weighted by Crippen LogP contribution is -2.41. The summed E-state index contributed by atoms with van der Waals surface area (Å²) in [5.74, 6) is 1.29. The van der Waals surface area contributed by atoms with Crippen molar-refractivity contribution in [3.05, 3.63) is 120 Å². The number of ketones is 2. The molecule has 0 radical (unpaired) electrons. The molecule has 0 bridgehead atoms. The largest absolute Gasteiger partial charge is 0.490 e. The van der Waals surface area contributed by atoms with Crippen LogP contribution in [0.5, 0.6) is 11.5 Å². The van der Waals surface area contributed by atoms with Crippen LogP contribution in [-0.2, 0) is 0 Å². The van der Waals surface area contributed by atoms with Crippen LogP contribution in [0.15, 0.2) is 103 Å². The van der Waals surface area contributed by atoms with Crippen LogP contribution in [0.1, 0.15) is 85.9 Å². The molecule has 0 heterocycles. The third-order valence-electron chi connectivity index (χ3n) is 9.28. The standard InChI is InChI=1S/C21H23FN2O3.C21H24N2O3/c1-14(25)15-2-10-19(11-3-15)27-20-12-8-18(9-13-20)24-21(26)23-17-6-4-16(22)5-7-17;1-15(24)16-7-11-19(12-8-16)26-20-13-9-18(10-14-20)23-21(25)22-17-5-3-2-4-6-17/h2-7,10-11,18,20H,8-9,12-13H2,1H3,(H2,23,24,26);2-8,11-12,18,20H,9-10,13-14H2,1H3,(H2,22,23,25). The predicted octanol–water partition coefficient (Wildman–Crippen LogP) is 8.94. The molecule has 0 saturated heterocycles. The molecule has 0 aromatic heterocycles. The predicted molar refractivity (Wildman–Crippen MR) is 203 cm³/mol. The molecule has 278 valence electrons. The van der Waals surface area contributed by atoms with Gasteiger partial charge in [-0.05, 0) is 150 Å². The number of hydrogen-bond acceptors (Lipinski definition) is 6. The minimum absolute atomic E-state index is 0.0343. The topological polar surface area (TPSA) is 135 Å². The maximum Gasteiger partial charge on any atom is 0.319 e. The zero-order valence-electron chi connectivity index (χ0n) is 30.1. The maximum atomic E-state index is 12.9. The number of nitrogens with one attached hydrogen (secondary N) is 4. The Bertz CT molecular complexity index is 1790. The monoisotopic (exact) mass is 722 g/mol. The van der Waals surface area contributed by atoms with Crippen molar-refractivity contribution < 1.29 is 33.0 Å². The van der Waals surface area contributed by atoms with Crippen molar-refractivity contribution in [2.24, 2.45) is 0 Å². The Labute approximate surface area is 309 Å². The van der Waals surface area contributed by atoms with Gasteiger partial charge in [-0.2, -0.15) is 0 Å². The van der Waals surface area contributed by atoms with Crippen LogP contribution in [0.25, 0.3) is 0 Å². The normalized spacial score (nSPS) is 19.3. The van der Waals surface area contributed by atoms with Crippen LogP contribution in [0.4, 0.5) is 25.4 Å². The Hall–Kier alpha value is -5.71. The molecule has 0 spiro atoms. The summed E-state index contributed by atoms with van der Waals surface area (Å²) < 4.78 is 24.9. The Balaban J connectivity index is 0.000000204. The number of Topliss-reactive ketones (excluding diaryl/α,β-unsaturated/α-hetero) is 2. The molecule has 0 aliphatic heterocycles. The van der Waals surface area contributed by atoms with Crippen LogP contribution in [0.2, 0.25) is 0 Å². The van der Waals surface area contributed by atoms with Crippen LogP contribution in [-0.4, -0.2) is 47.9 Å². The van der Waals surface area contributed by atoms with E-state index in [1.807, 2.05) is 54.6 Å². The number of carbonyl (C=O) groups excluding carboxylic acids is 4. The molecule has 0 atom stereocenters. The Morgan fingerprint density at radius 2 is 0.887 bits per heavy atom. The summed E-state index contributed by atoms with van der Waals surface area (Å²) in [6.07, 6.45) is 7.15. The zero-order valence-corrected chi connectivity index (χ0v) is 30.1. The first-order chi connectivity index (χ1) is 25.6. The maximum absolute atomic E-state index is 12.9. The molecule has 53 heavy (non-hydrogen) atoms. The van der Waals surface area contributed by atoms with E-state index >= 15 is 0 Å². The molecule has 6 rings (SSSR count). The molecule has 2 aliphatic carbocycles. The summed E-state index contributed by atoms with van der Waals surface area (Å²) in [4.78, 5) is 46.7. The number of benzene rings is 4. The van der Waals surface area contributed by atoms with Crippen LogP contribution >= 0.6 is 0 Å². The second kappa shape index (κ2) is 19.2. The quantitative estimate of drug-likeness (QED) is 0.121.